The first kappa shape index (κ1) is 17.1. The highest BCUT2D eigenvalue weighted by molar-refractivity contribution is 7.95. The average Bonchev–Trinajstić information content (AvgIpc) is 2.98. The number of Topliss-reactive ketones (excluding diaryl/α,β-unsaturated/α-hetero) is 1. The van der Waals surface area contributed by atoms with Gasteiger partial charge >= 0.3 is 0 Å². The Kier molecular flexibility index (Phi) is 3.87. The van der Waals surface area contributed by atoms with Crippen LogP contribution in [0.2, 0.25) is 0 Å². The standard InChI is InChI=1S/C20H18O5S/c1-20(2)24-12-15(25-20)19-17(13-8-4-3-5-9-13)18(21)14-10-6-7-11-16(14)26(19,22)23/h3-11,15H,12H2,1-2H3. The molecule has 2 aliphatic heterocycles. The van der Waals surface area contributed by atoms with Crippen molar-refractivity contribution in [2.24, 2.45) is 0 Å². The van der Waals surface area contributed by atoms with Gasteiger partial charge in [-0.05, 0) is 31.5 Å². The fourth-order valence-corrected chi connectivity index (χ4v) is 5.30. The van der Waals surface area contributed by atoms with Crippen LogP contribution in [-0.4, -0.2) is 32.7 Å². The Hall–Kier alpha value is -2.28. The van der Waals surface area contributed by atoms with Crippen LogP contribution in [-0.2, 0) is 19.3 Å². The van der Waals surface area contributed by atoms with Crippen LogP contribution in [0.25, 0.3) is 5.57 Å². The summed E-state index contributed by atoms with van der Waals surface area (Å²) in [6, 6.07) is 15.1. The minimum atomic E-state index is -3.89. The average molecular weight is 370 g/mol. The van der Waals surface area contributed by atoms with E-state index in [9.17, 15) is 13.2 Å². The van der Waals surface area contributed by atoms with E-state index < -0.39 is 21.7 Å². The van der Waals surface area contributed by atoms with E-state index in [1.54, 1.807) is 56.3 Å². The topological polar surface area (TPSA) is 69.7 Å². The van der Waals surface area contributed by atoms with Crippen LogP contribution < -0.4 is 0 Å². The van der Waals surface area contributed by atoms with Gasteiger partial charge in [-0.1, -0.05) is 42.5 Å². The number of carbonyl (C=O) groups excluding carboxylic acids is 1. The number of rotatable bonds is 2. The second kappa shape index (κ2) is 5.87. The first-order valence-corrected chi connectivity index (χ1v) is 9.80. The third-order valence-corrected chi connectivity index (χ3v) is 6.53. The number of carbonyl (C=O) groups is 1. The molecule has 2 aromatic rings. The zero-order valence-corrected chi connectivity index (χ0v) is 15.2. The van der Waals surface area contributed by atoms with Crippen molar-refractivity contribution in [2.75, 3.05) is 6.61 Å². The van der Waals surface area contributed by atoms with Gasteiger partial charge in [-0.2, -0.15) is 0 Å². The van der Waals surface area contributed by atoms with Gasteiger partial charge in [0, 0.05) is 11.1 Å². The molecule has 0 radical (unpaired) electrons. The Morgan fingerprint density at radius 1 is 1.00 bits per heavy atom. The monoisotopic (exact) mass is 370 g/mol. The lowest BCUT2D eigenvalue weighted by atomic mass is 9.94. The summed E-state index contributed by atoms with van der Waals surface area (Å²) in [5, 5.41) is 0. The Bertz CT molecular complexity index is 1020. The number of hydrogen-bond acceptors (Lipinski definition) is 5. The molecule has 0 spiro atoms. The summed E-state index contributed by atoms with van der Waals surface area (Å²) >= 11 is 0. The van der Waals surface area contributed by atoms with E-state index in [-0.39, 0.29) is 33.3 Å². The Labute approximate surface area is 152 Å². The normalized spacial score (nSPS) is 23.8. The van der Waals surface area contributed by atoms with Crippen LogP contribution in [0.1, 0.15) is 29.8 Å². The van der Waals surface area contributed by atoms with E-state index >= 15 is 0 Å². The minimum absolute atomic E-state index is 0.0158. The van der Waals surface area contributed by atoms with E-state index in [1.165, 1.54) is 6.07 Å². The third-order valence-electron chi connectivity index (χ3n) is 4.55. The van der Waals surface area contributed by atoms with E-state index in [2.05, 4.69) is 0 Å². The first-order valence-electron chi connectivity index (χ1n) is 8.31. The summed E-state index contributed by atoms with van der Waals surface area (Å²) in [6.45, 7) is 3.52. The Morgan fingerprint density at radius 3 is 2.31 bits per heavy atom. The predicted molar refractivity (Wildman–Crippen MR) is 96.2 cm³/mol. The van der Waals surface area contributed by atoms with Crippen molar-refractivity contribution >= 4 is 21.2 Å². The smallest absolute Gasteiger partial charge is 0.206 e. The molecule has 2 aliphatic rings. The predicted octanol–water partition coefficient (Wildman–Crippen LogP) is 3.22. The molecule has 0 aliphatic carbocycles. The van der Waals surface area contributed by atoms with Gasteiger partial charge in [-0.3, -0.25) is 4.79 Å². The van der Waals surface area contributed by atoms with E-state index in [4.69, 9.17) is 9.47 Å². The third kappa shape index (κ3) is 2.61. The lowest BCUT2D eigenvalue weighted by molar-refractivity contribution is -0.133. The molecule has 0 amide bonds. The number of ether oxygens (including phenoxy) is 2. The maximum Gasteiger partial charge on any atom is 0.206 e. The van der Waals surface area contributed by atoms with Crippen LogP contribution >= 0.6 is 0 Å². The molecular formula is C20H18O5S. The number of ketones is 1. The molecule has 6 heteroatoms. The molecular weight excluding hydrogens is 352 g/mol. The number of fused-ring (bicyclic) bond motifs is 1. The second-order valence-corrected chi connectivity index (χ2v) is 8.64. The molecule has 2 aromatic carbocycles. The van der Waals surface area contributed by atoms with Crippen molar-refractivity contribution in [3.63, 3.8) is 0 Å². The van der Waals surface area contributed by atoms with E-state index in [0.29, 0.717) is 5.56 Å². The SMILES string of the molecule is CC1(C)OCC(C2=C(c3ccccc3)C(=O)c3ccccc3S2(=O)=O)O1. The largest absolute Gasteiger partial charge is 0.347 e. The molecule has 26 heavy (non-hydrogen) atoms. The molecule has 0 aromatic heterocycles. The highest BCUT2D eigenvalue weighted by atomic mass is 32.2. The van der Waals surface area contributed by atoms with Gasteiger partial charge in [0.05, 0.1) is 16.4 Å². The Morgan fingerprint density at radius 2 is 1.65 bits per heavy atom. The van der Waals surface area contributed by atoms with E-state index in [0.717, 1.165) is 0 Å². The first-order chi connectivity index (χ1) is 12.3. The summed E-state index contributed by atoms with van der Waals surface area (Å²) in [6.07, 6.45) is -0.831. The van der Waals surface area contributed by atoms with E-state index in [1.807, 2.05) is 6.07 Å². The molecule has 1 saturated heterocycles. The number of hydrogen-bond donors (Lipinski definition) is 0. The minimum Gasteiger partial charge on any atom is -0.347 e. The number of allylic oxidation sites excluding steroid dienone is 1. The van der Waals surface area contributed by atoms with Crippen molar-refractivity contribution in [1.82, 2.24) is 0 Å². The summed E-state index contributed by atoms with van der Waals surface area (Å²) in [4.78, 5) is 13.2. The van der Waals surface area contributed by atoms with Crippen LogP contribution in [0.15, 0.2) is 64.4 Å². The fourth-order valence-electron chi connectivity index (χ4n) is 3.42. The molecule has 0 N–H and O–H groups in total. The lowest BCUT2D eigenvalue weighted by Gasteiger charge is -2.26. The Balaban J connectivity index is 2.01. The van der Waals surface area contributed by atoms with Crippen LogP contribution in [0.4, 0.5) is 0 Å². The van der Waals surface area contributed by atoms with Gasteiger partial charge < -0.3 is 9.47 Å². The summed E-state index contributed by atoms with van der Waals surface area (Å²) in [5.41, 5.74) is 0.905. The van der Waals surface area contributed by atoms with Gasteiger partial charge in [-0.15, -0.1) is 0 Å². The zero-order chi connectivity index (χ0) is 18.5. The number of benzene rings is 2. The highest BCUT2D eigenvalue weighted by Crippen LogP contribution is 2.42. The molecule has 5 nitrogen and oxygen atoms in total. The van der Waals surface area contributed by atoms with Crippen molar-refractivity contribution < 1.29 is 22.7 Å². The molecule has 1 fully saturated rings. The molecule has 2 heterocycles. The van der Waals surface area contributed by atoms with Crippen LogP contribution in [0, 0.1) is 0 Å². The quantitative estimate of drug-likeness (QED) is 0.812. The molecule has 0 bridgehead atoms. The maximum absolute atomic E-state index is 13.4. The van der Waals surface area contributed by atoms with Gasteiger partial charge in [-0.25, -0.2) is 8.42 Å². The second-order valence-electron chi connectivity index (χ2n) is 6.75. The molecule has 1 unspecified atom stereocenters. The van der Waals surface area contributed by atoms with Crippen molar-refractivity contribution in [2.45, 2.75) is 30.6 Å². The fraction of sp³-hybridized carbons (Fsp3) is 0.250. The van der Waals surface area contributed by atoms with Crippen molar-refractivity contribution in [1.29, 1.82) is 0 Å². The van der Waals surface area contributed by atoms with Gasteiger partial charge in [0.25, 0.3) is 0 Å². The van der Waals surface area contributed by atoms with Gasteiger partial charge in [0.15, 0.2) is 11.6 Å². The molecule has 134 valence electrons. The summed E-state index contributed by atoms with van der Waals surface area (Å²) in [5.74, 6) is -1.22. The molecule has 0 saturated carbocycles. The highest BCUT2D eigenvalue weighted by Gasteiger charge is 2.46. The lowest BCUT2D eigenvalue weighted by Crippen LogP contribution is -2.31. The zero-order valence-electron chi connectivity index (χ0n) is 14.4. The van der Waals surface area contributed by atoms with Crippen LogP contribution in [0.5, 0.6) is 0 Å². The summed E-state index contributed by atoms with van der Waals surface area (Å²) in [7, 11) is -3.89. The van der Waals surface area contributed by atoms with Crippen molar-refractivity contribution in [3.8, 4) is 0 Å². The molecule has 1 atom stereocenters. The maximum atomic E-state index is 13.4. The van der Waals surface area contributed by atoms with Crippen LogP contribution in [0.3, 0.4) is 0 Å². The summed E-state index contributed by atoms with van der Waals surface area (Å²) < 4.78 is 38.2. The van der Waals surface area contributed by atoms with Gasteiger partial charge in [0.2, 0.25) is 9.84 Å². The molecule has 4 rings (SSSR count). The van der Waals surface area contributed by atoms with Crippen molar-refractivity contribution in [3.05, 3.63) is 70.6 Å². The van der Waals surface area contributed by atoms with Gasteiger partial charge in [0.1, 0.15) is 6.10 Å². The number of sulfone groups is 1.